The van der Waals surface area contributed by atoms with Gasteiger partial charge in [0.1, 0.15) is 6.04 Å². The fraction of sp³-hybridized carbons (Fsp3) is 0.583. The van der Waals surface area contributed by atoms with Gasteiger partial charge >= 0.3 is 5.97 Å². The predicted octanol–water partition coefficient (Wildman–Crippen LogP) is 0.200. The van der Waals surface area contributed by atoms with E-state index in [-0.39, 0.29) is 5.97 Å². The van der Waals surface area contributed by atoms with Gasteiger partial charge in [-0.3, -0.25) is 4.79 Å². The van der Waals surface area contributed by atoms with Crippen LogP contribution in [0.1, 0.15) is 4.88 Å². The van der Waals surface area contributed by atoms with Gasteiger partial charge in [0.2, 0.25) is 0 Å². The second-order valence-electron chi connectivity index (χ2n) is 4.31. The Morgan fingerprint density at radius 3 is 2.94 bits per heavy atom. The molecular weight excluding hydrogens is 250 g/mol. The van der Waals surface area contributed by atoms with Crippen LogP contribution >= 0.6 is 11.3 Å². The number of hydrogen-bond donors (Lipinski definition) is 2. The maximum atomic E-state index is 11.3. The van der Waals surface area contributed by atoms with Gasteiger partial charge in [0.25, 0.3) is 0 Å². The highest BCUT2D eigenvalue weighted by atomic mass is 32.1. The summed E-state index contributed by atoms with van der Waals surface area (Å²) in [6, 6.07) is 3.59. The van der Waals surface area contributed by atoms with Crippen molar-refractivity contribution in [2.24, 2.45) is 5.73 Å². The average molecular weight is 269 g/mol. The van der Waals surface area contributed by atoms with Crippen molar-refractivity contribution in [2.45, 2.75) is 12.5 Å². The summed E-state index contributed by atoms with van der Waals surface area (Å²) < 4.78 is 4.63. The summed E-state index contributed by atoms with van der Waals surface area (Å²) in [5.41, 5.74) is 5.76. The van der Waals surface area contributed by atoms with Crippen molar-refractivity contribution >= 4 is 22.3 Å². The first kappa shape index (κ1) is 13.3. The molecule has 0 saturated carbocycles. The van der Waals surface area contributed by atoms with E-state index in [0.717, 1.165) is 31.1 Å². The summed E-state index contributed by atoms with van der Waals surface area (Å²) in [7, 11) is 1.36. The number of carbonyl (C=O) groups excluding carboxylic acids is 1. The highest BCUT2D eigenvalue weighted by molar-refractivity contribution is 7.16. The number of carbonyl (C=O) groups is 1. The molecule has 1 aliphatic heterocycles. The first-order valence-corrected chi connectivity index (χ1v) is 6.90. The standard InChI is InChI=1S/C12H19N3O2S/c1-17-12(16)10(13)8-9-2-3-11(18-9)15-6-4-14-5-7-15/h2-3,10,14H,4-8,13H2,1H3. The molecule has 1 aromatic heterocycles. The monoisotopic (exact) mass is 269 g/mol. The molecule has 1 fully saturated rings. The van der Waals surface area contributed by atoms with Crippen molar-refractivity contribution in [3.63, 3.8) is 0 Å². The van der Waals surface area contributed by atoms with Crippen LogP contribution in [0.15, 0.2) is 12.1 Å². The van der Waals surface area contributed by atoms with Crippen molar-refractivity contribution in [1.82, 2.24) is 5.32 Å². The minimum Gasteiger partial charge on any atom is -0.468 e. The van der Waals surface area contributed by atoms with Gasteiger partial charge in [-0.2, -0.15) is 0 Å². The topological polar surface area (TPSA) is 67.6 Å². The number of piperazine rings is 1. The Bertz CT molecular complexity index is 402. The molecular formula is C12H19N3O2S. The van der Waals surface area contributed by atoms with E-state index in [0.29, 0.717) is 6.42 Å². The molecule has 1 saturated heterocycles. The summed E-state index contributed by atoms with van der Waals surface area (Å²) in [4.78, 5) is 14.7. The highest BCUT2D eigenvalue weighted by Crippen LogP contribution is 2.27. The van der Waals surface area contributed by atoms with Gasteiger partial charge in [0.05, 0.1) is 12.1 Å². The summed E-state index contributed by atoms with van der Waals surface area (Å²) in [5.74, 6) is -0.355. The van der Waals surface area contributed by atoms with Crippen LogP contribution in [0, 0.1) is 0 Å². The van der Waals surface area contributed by atoms with Crippen molar-refractivity contribution in [2.75, 3.05) is 38.2 Å². The first-order chi connectivity index (χ1) is 8.70. The highest BCUT2D eigenvalue weighted by Gasteiger charge is 2.17. The van der Waals surface area contributed by atoms with Gasteiger partial charge in [-0.25, -0.2) is 0 Å². The third-order valence-corrected chi connectivity index (χ3v) is 4.17. The summed E-state index contributed by atoms with van der Waals surface area (Å²) in [5, 5.41) is 4.58. The van der Waals surface area contributed by atoms with Gasteiger partial charge in [0.15, 0.2) is 0 Å². The zero-order valence-corrected chi connectivity index (χ0v) is 11.3. The lowest BCUT2D eigenvalue weighted by atomic mass is 10.2. The van der Waals surface area contributed by atoms with Crippen LogP contribution in [0.3, 0.4) is 0 Å². The average Bonchev–Trinajstić information content (AvgIpc) is 2.87. The Kier molecular flexibility index (Phi) is 4.57. The van der Waals surface area contributed by atoms with Crippen LogP contribution in [0.5, 0.6) is 0 Å². The maximum Gasteiger partial charge on any atom is 0.323 e. The van der Waals surface area contributed by atoms with Gasteiger partial charge in [-0.15, -0.1) is 11.3 Å². The second kappa shape index (κ2) is 6.17. The zero-order chi connectivity index (χ0) is 13.0. The smallest absolute Gasteiger partial charge is 0.323 e. The van der Waals surface area contributed by atoms with Gasteiger partial charge in [0, 0.05) is 37.5 Å². The van der Waals surface area contributed by atoms with Gasteiger partial charge < -0.3 is 20.7 Å². The molecule has 100 valence electrons. The van der Waals surface area contributed by atoms with E-state index in [2.05, 4.69) is 21.0 Å². The SMILES string of the molecule is COC(=O)C(N)Cc1ccc(N2CCNCC2)s1. The number of methoxy groups -OCH3 is 1. The Hall–Kier alpha value is -1.11. The molecule has 1 aromatic rings. The van der Waals surface area contributed by atoms with Crippen molar-refractivity contribution in [3.8, 4) is 0 Å². The van der Waals surface area contributed by atoms with E-state index in [4.69, 9.17) is 5.73 Å². The molecule has 3 N–H and O–H groups in total. The number of rotatable bonds is 4. The molecule has 0 aromatic carbocycles. The number of anilines is 1. The van der Waals surface area contributed by atoms with Crippen LogP contribution < -0.4 is 16.0 Å². The molecule has 6 heteroatoms. The molecule has 0 radical (unpaired) electrons. The third kappa shape index (κ3) is 3.22. The number of nitrogens with zero attached hydrogens (tertiary/aromatic N) is 1. The van der Waals surface area contributed by atoms with Crippen LogP contribution in [0.2, 0.25) is 0 Å². The van der Waals surface area contributed by atoms with E-state index in [9.17, 15) is 4.79 Å². The normalized spacial score (nSPS) is 17.6. The number of thiophene rings is 1. The fourth-order valence-electron chi connectivity index (χ4n) is 1.98. The first-order valence-electron chi connectivity index (χ1n) is 6.08. The molecule has 1 aliphatic rings. The van der Waals surface area contributed by atoms with E-state index in [1.54, 1.807) is 11.3 Å². The van der Waals surface area contributed by atoms with Crippen LogP contribution in [0.25, 0.3) is 0 Å². The number of esters is 1. The number of nitrogens with two attached hydrogens (primary N) is 1. The lowest BCUT2D eigenvalue weighted by Gasteiger charge is -2.27. The lowest BCUT2D eigenvalue weighted by molar-refractivity contribution is -0.142. The van der Waals surface area contributed by atoms with Crippen molar-refractivity contribution in [1.29, 1.82) is 0 Å². The number of hydrogen-bond acceptors (Lipinski definition) is 6. The minimum atomic E-state index is -0.565. The molecule has 2 heterocycles. The summed E-state index contributed by atoms with van der Waals surface area (Å²) in [6.07, 6.45) is 0.545. The van der Waals surface area contributed by atoms with Crippen LogP contribution in [-0.4, -0.2) is 45.3 Å². The molecule has 0 spiro atoms. The Labute approximate surface area is 111 Å². The molecule has 1 unspecified atom stereocenters. The third-order valence-electron chi connectivity index (χ3n) is 3.00. The van der Waals surface area contributed by atoms with Gasteiger partial charge in [-0.05, 0) is 12.1 Å². The van der Waals surface area contributed by atoms with E-state index >= 15 is 0 Å². The largest absolute Gasteiger partial charge is 0.468 e. The van der Waals surface area contributed by atoms with E-state index in [1.165, 1.54) is 12.1 Å². The lowest BCUT2D eigenvalue weighted by Crippen LogP contribution is -2.43. The predicted molar refractivity (Wildman–Crippen MR) is 73.1 cm³/mol. The number of ether oxygens (including phenoxy) is 1. The Morgan fingerprint density at radius 2 is 2.28 bits per heavy atom. The summed E-state index contributed by atoms with van der Waals surface area (Å²) in [6.45, 7) is 4.11. The van der Waals surface area contributed by atoms with Crippen LogP contribution in [0.4, 0.5) is 5.00 Å². The minimum absolute atomic E-state index is 0.355. The Morgan fingerprint density at radius 1 is 1.56 bits per heavy atom. The molecule has 2 rings (SSSR count). The maximum absolute atomic E-state index is 11.3. The molecule has 18 heavy (non-hydrogen) atoms. The molecule has 0 bridgehead atoms. The second-order valence-corrected chi connectivity index (χ2v) is 5.46. The van der Waals surface area contributed by atoms with Crippen molar-refractivity contribution < 1.29 is 9.53 Å². The van der Waals surface area contributed by atoms with E-state index in [1.807, 2.05) is 6.07 Å². The molecule has 0 aliphatic carbocycles. The fourth-order valence-corrected chi connectivity index (χ4v) is 3.10. The quantitative estimate of drug-likeness (QED) is 0.764. The number of nitrogens with one attached hydrogen (secondary N) is 1. The van der Waals surface area contributed by atoms with Crippen molar-refractivity contribution in [3.05, 3.63) is 17.0 Å². The molecule has 5 nitrogen and oxygen atoms in total. The van der Waals surface area contributed by atoms with Gasteiger partial charge in [-0.1, -0.05) is 0 Å². The summed E-state index contributed by atoms with van der Waals surface area (Å²) >= 11 is 1.71. The molecule has 0 amide bonds. The van der Waals surface area contributed by atoms with Crippen LogP contribution in [-0.2, 0) is 16.0 Å². The van der Waals surface area contributed by atoms with E-state index < -0.39 is 6.04 Å². The molecule has 1 atom stereocenters. The Balaban J connectivity index is 1.95. The zero-order valence-electron chi connectivity index (χ0n) is 10.5.